The topological polar surface area (TPSA) is 463 Å². The zero-order valence-corrected chi connectivity index (χ0v) is 73.5. The molecule has 0 unspecified atom stereocenters. The van der Waals surface area contributed by atoms with Gasteiger partial charge in [0.1, 0.15) is 39.7 Å². The van der Waals surface area contributed by atoms with Crippen molar-refractivity contribution in [1.82, 2.24) is 80.9 Å². The standard InChI is InChI=1S/C22H27N3O4.2C18H18N4O2.C16H18N4O2.C12H22N2O2.C9H6N2O3/c1-21(2,3)28-19(26)10-15-12-22(13-15)7-9-25(14-22)20(27)18-11-17(24-29-18)16-6-4-5-8-23-16;2*19-6-4-13-10-18(11-13)5-8-22(12-18)17(23)16-9-15(21-24-16)14-3-1-2-7-20-14;17-11-8-16(9-11)4-6-20(10-16)15(21)14-7-13(19-22-14)12-3-1-2-5-18-12;1-11(2,3)16-10(15)14-9-6-12(7-9)4-5-13-8-12;12-9(13)8-5-7(11-14-8)6-3-1-2-4-10-6/h4-6,8,11,15H,7,9-10,12-14H2,1-3H3;2*1-3,7,9,13H,4-5,8,10-12H2;1-3,5,7,11H,4,6,8-10,17H2;9,13H,4-8H2,1-3H3,(H,14,15);1-5H,(H,12,13). The molecule has 10 fully saturated rings. The van der Waals surface area contributed by atoms with Gasteiger partial charge in [-0.25, -0.2) is 9.59 Å². The number of aromatic nitrogens is 10. The van der Waals surface area contributed by atoms with Crippen molar-refractivity contribution in [3.63, 3.8) is 0 Å². The van der Waals surface area contributed by atoms with E-state index in [-0.39, 0.29) is 86.2 Å². The number of hydrogen-bond donors (Lipinski definition) is 4. The Morgan fingerprint density at radius 2 is 0.744 bits per heavy atom. The lowest BCUT2D eigenvalue weighted by atomic mass is 9.60. The lowest BCUT2D eigenvalue weighted by Crippen LogP contribution is -2.52. The predicted octanol–water partition coefficient (Wildman–Crippen LogP) is 14.3. The van der Waals surface area contributed by atoms with Gasteiger partial charge in [0.05, 0.1) is 40.6 Å². The molecule has 5 saturated carbocycles. The SMILES string of the molecule is CC(C)(C)OC(=O)CC1CC2(CCN(C(=O)c3cc(-c4ccccn4)no3)C2)C1.CC(C)(C)OC(=O)NC1CC2(CCNC2)C1.N#CCC1CC2(CCN(C(=O)c3cc(-c4ccccn4)no3)C2)C1.N#CCC1CC2(CCN(C(=O)c3cc(-c4ccccn4)no3)C2)C1.NC1CC2(CCN(C(=O)c3cc(-c4ccccn4)no3)C2)C1.O=C(O)c1cc(-c2ccccn2)no1. The average molecular weight is 1760 g/mol. The first-order valence-corrected chi connectivity index (χ1v) is 44.1. The van der Waals surface area contributed by atoms with Crippen LogP contribution in [0.5, 0.6) is 0 Å². The second-order valence-electron chi connectivity index (χ2n) is 38.4. The van der Waals surface area contributed by atoms with E-state index in [9.17, 15) is 33.6 Å². The molecule has 5 spiro atoms. The highest BCUT2D eigenvalue weighted by Crippen LogP contribution is 2.56. The van der Waals surface area contributed by atoms with Gasteiger partial charge in [-0.2, -0.15) is 10.5 Å². The van der Waals surface area contributed by atoms with E-state index < -0.39 is 17.2 Å². The number of nitrogens with two attached hydrogens (primary N) is 1. The van der Waals surface area contributed by atoms with E-state index in [1.807, 2.05) is 134 Å². The fourth-order valence-electron chi connectivity index (χ4n) is 20.0. The Morgan fingerprint density at radius 3 is 1.02 bits per heavy atom. The van der Waals surface area contributed by atoms with Gasteiger partial charge >= 0.3 is 18.0 Å². The highest BCUT2D eigenvalue weighted by atomic mass is 16.6. The van der Waals surface area contributed by atoms with E-state index in [1.165, 1.54) is 12.5 Å². The van der Waals surface area contributed by atoms with Crippen LogP contribution in [0.4, 0.5) is 4.79 Å². The monoisotopic (exact) mass is 1760 g/mol. The van der Waals surface area contributed by atoms with Gasteiger partial charge in [-0.15, -0.1) is 0 Å². The molecule has 129 heavy (non-hydrogen) atoms. The van der Waals surface area contributed by atoms with Crippen LogP contribution in [0, 0.1) is 67.5 Å². The first-order valence-electron chi connectivity index (χ1n) is 44.1. The summed E-state index contributed by atoms with van der Waals surface area (Å²) in [6.45, 7) is 19.5. The molecule has 0 bridgehead atoms. The number of nitrogens with one attached hydrogen (secondary N) is 2. The number of nitrogens with zero attached hydrogens (tertiary/aromatic N) is 16. The maximum Gasteiger partial charge on any atom is 0.407 e. The minimum Gasteiger partial charge on any atom is -0.475 e. The summed E-state index contributed by atoms with van der Waals surface area (Å²) in [5, 5.41) is 51.9. The van der Waals surface area contributed by atoms with E-state index in [0.29, 0.717) is 125 Å². The molecule has 5 amide bonds. The third-order valence-corrected chi connectivity index (χ3v) is 25.9. The summed E-state index contributed by atoms with van der Waals surface area (Å²) in [7, 11) is 0. The van der Waals surface area contributed by atoms with Crippen molar-refractivity contribution in [2.24, 2.45) is 50.6 Å². The first kappa shape index (κ1) is 90.6. The fourth-order valence-corrected chi connectivity index (χ4v) is 20.0. The summed E-state index contributed by atoms with van der Waals surface area (Å²) in [4.78, 5) is 113. The van der Waals surface area contributed by atoms with Gasteiger partial charge in [0.25, 0.3) is 23.6 Å². The van der Waals surface area contributed by atoms with Gasteiger partial charge in [-0.3, -0.25) is 48.9 Å². The molecule has 10 aliphatic rings. The third kappa shape index (κ3) is 22.5. The highest BCUT2D eigenvalue weighted by Gasteiger charge is 2.54. The number of pyridine rings is 5. The summed E-state index contributed by atoms with van der Waals surface area (Å²) in [6, 6.07) is 40.5. The van der Waals surface area contributed by atoms with Gasteiger partial charge in [0.15, 0.2) is 0 Å². The number of carboxylic acids is 1. The molecular weight excluding hydrogens is 1650 g/mol. The van der Waals surface area contributed by atoms with Crippen molar-refractivity contribution >= 4 is 41.7 Å². The van der Waals surface area contributed by atoms with Crippen LogP contribution in [0.25, 0.3) is 56.9 Å². The molecule has 0 atom stereocenters. The molecule has 5 saturated heterocycles. The molecule has 10 aromatic heterocycles. The van der Waals surface area contributed by atoms with Crippen LogP contribution in [0.2, 0.25) is 0 Å². The van der Waals surface area contributed by atoms with Crippen LogP contribution >= 0.6 is 0 Å². The molecule has 10 aromatic rings. The lowest BCUT2D eigenvalue weighted by Gasteiger charge is -2.45. The molecule has 674 valence electrons. The van der Waals surface area contributed by atoms with Crippen molar-refractivity contribution in [2.75, 3.05) is 65.4 Å². The Morgan fingerprint density at radius 1 is 0.434 bits per heavy atom. The molecule has 5 N–H and O–H groups in total. The number of carbonyl (C=O) groups excluding carboxylic acids is 6. The second-order valence-corrected chi connectivity index (χ2v) is 38.4. The molecule has 20 rings (SSSR count). The maximum absolute atomic E-state index is 12.8. The Kier molecular flexibility index (Phi) is 27.2. The summed E-state index contributed by atoms with van der Waals surface area (Å²) >= 11 is 0. The third-order valence-electron chi connectivity index (χ3n) is 25.9. The van der Waals surface area contributed by atoms with Crippen LogP contribution < -0.4 is 16.4 Å². The average Bonchev–Trinajstić information content (AvgIpc) is 1.60. The van der Waals surface area contributed by atoms with Crippen molar-refractivity contribution in [2.45, 2.75) is 180 Å². The number of hydrogen-bond acceptors (Lipinski definition) is 28. The largest absolute Gasteiger partial charge is 0.475 e. The zero-order chi connectivity index (χ0) is 90.7. The van der Waals surface area contributed by atoms with Gasteiger partial charge in [-0.1, -0.05) is 56.1 Å². The van der Waals surface area contributed by atoms with Crippen LogP contribution in [0.15, 0.2) is 175 Å². The number of alkyl carbamates (subject to hydrolysis) is 1. The number of esters is 1. The van der Waals surface area contributed by atoms with Crippen LogP contribution in [0.3, 0.4) is 0 Å². The van der Waals surface area contributed by atoms with Crippen LogP contribution in [0.1, 0.15) is 210 Å². The minimum absolute atomic E-state index is 0.0907. The maximum atomic E-state index is 12.8. The number of carbonyl (C=O) groups is 7. The predicted molar refractivity (Wildman–Crippen MR) is 466 cm³/mol. The lowest BCUT2D eigenvalue weighted by molar-refractivity contribution is -0.158. The number of nitriles is 2. The Balaban J connectivity index is 0.000000121. The molecule has 5 aliphatic heterocycles. The number of aromatic carboxylic acids is 1. The normalized spacial score (nSPS) is 24.7. The van der Waals surface area contributed by atoms with Gasteiger partial charge < -0.3 is 73.2 Å². The van der Waals surface area contributed by atoms with E-state index >= 15 is 0 Å². The van der Waals surface area contributed by atoms with E-state index in [0.717, 1.165) is 142 Å². The van der Waals surface area contributed by atoms with E-state index in [2.05, 4.69) is 78.0 Å². The zero-order valence-electron chi connectivity index (χ0n) is 73.5. The Bertz CT molecular complexity index is 5480. The molecule has 5 aliphatic carbocycles. The summed E-state index contributed by atoms with van der Waals surface area (Å²) in [6.07, 6.45) is 25.4. The van der Waals surface area contributed by atoms with E-state index in [4.69, 9.17) is 48.9 Å². The molecule has 15 heterocycles. The smallest absolute Gasteiger partial charge is 0.407 e. The molecule has 34 nitrogen and oxygen atoms in total. The van der Waals surface area contributed by atoms with Gasteiger partial charge in [0, 0.05) is 152 Å². The van der Waals surface area contributed by atoms with Crippen LogP contribution in [-0.4, -0.2) is 206 Å². The Hall–Kier alpha value is -13.2. The summed E-state index contributed by atoms with van der Waals surface area (Å²) in [5.41, 5.74) is 12.4. The van der Waals surface area contributed by atoms with Gasteiger partial charge in [-0.05, 0) is 250 Å². The number of likely N-dealkylation sites (tertiary alicyclic amines) is 4. The summed E-state index contributed by atoms with van der Waals surface area (Å²) in [5.74, 6) is 0.514. The number of rotatable bonds is 15. The number of ether oxygens (including phenoxy) is 2. The number of amides is 5. The molecule has 0 radical (unpaired) electrons. The Labute approximate surface area is 746 Å². The highest BCUT2D eigenvalue weighted by molar-refractivity contribution is 5.95. The van der Waals surface area contributed by atoms with Crippen molar-refractivity contribution in [3.8, 4) is 69.1 Å². The molecule has 34 heteroatoms. The number of carboxylic acid groups (broad SMARTS) is 1. The quantitative estimate of drug-likeness (QED) is 0.0692. The first-order chi connectivity index (χ1) is 61.9. The van der Waals surface area contributed by atoms with Crippen molar-refractivity contribution in [1.29, 1.82) is 10.5 Å². The minimum atomic E-state index is -1.14. The van der Waals surface area contributed by atoms with Gasteiger partial charge in [0.2, 0.25) is 28.8 Å². The molecular formula is C95H109N19O15. The van der Waals surface area contributed by atoms with Crippen molar-refractivity contribution < 1.29 is 70.8 Å². The van der Waals surface area contributed by atoms with E-state index in [1.54, 1.807) is 73.4 Å². The molecule has 0 aromatic carbocycles. The fraction of sp³-hybridized carbons (Fsp3) is 0.484. The van der Waals surface area contributed by atoms with Crippen LogP contribution in [-0.2, 0) is 14.3 Å². The second kappa shape index (κ2) is 38.8. The summed E-state index contributed by atoms with van der Waals surface area (Å²) < 4.78 is 36.3. The van der Waals surface area contributed by atoms with Crippen molar-refractivity contribution in [3.05, 3.63) is 181 Å².